The standard InChI is InChI=1S/C18H15Cl2F2N9O/c1-6(26-15-12(20)14(23)28-18(24)29-15)16-27-8-3-2-7(19)10(13(21)22)11(8)17(32)31(16)9-4-5-25-30-9/h2-6,13H,1H3,(H,25,30)(H5,23,24,26,28,29). The lowest BCUT2D eigenvalue weighted by molar-refractivity contribution is 0.153. The zero-order valence-corrected chi connectivity index (χ0v) is 17.8. The summed E-state index contributed by atoms with van der Waals surface area (Å²) >= 11 is 12.1. The number of aromatic nitrogens is 6. The summed E-state index contributed by atoms with van der Waals surface area (Å²) in [5.41, 5.74) is 10.1. The molecule has 3 heterocycles. The zero-order valence-electron chi connectivity index (χ0n) is 16.3. The molecule has 4 aromatic rings. The van der Waals surface area contributed by atoms with Gasteiger partial charge in [-0.2, -0.15) is 15.1 Å². The van der Waals surface area contributed by atoms with Gasteiger partial charge in [-0.3, -0.25) is 9.89 Å². The number of benzene rings is 1. The van der Waals surface area contributed by atoms with Crippen LogP contribution in [0.4, 0.5) is 26.4 Å². The Balaban J connectivity index is 1.96. The number of halogens is 4. The van der Waals surface area contributed by atoms with Crippen LogP contribution in [0.1, 0.15) is 30.8 Å². The molecular formula is C18H15Cl2F2N9O. The highest BCUT2D eigenvalue weighted by Gasteiger charge is 2.25. The quantitative estimate of drug-likeness (QED) is 0.337. The molecule has 0 aliphatic rings. The lowest BCUT2D eigenvalue weighted by Gasteiger charge is -2.20. The van der Waals surface area contributed by atoms with Gasteiger partial charge in [-0.1, -0.05) is 23.2 Å². The van der Waals surface area contributed by atoms with Crippen molar-refractivity contribution in [1.82, 2.24) is 29.7 Å². The number of fused-ring (bicyclic) bond motifs is 1. The maximum Gasteiger partial charge on any atom is 0.267 e. The van der Waals surface area contributed by atoms with Gasteiger partial charge in [0.25, 0.3) is 12.0 Å². The first-order chi connectivity index (χ1) is 15.2. The number of alkyl halides is 2. The number of nitrogens with two attached hydrogens (primary N) is 2. The average molecular weight is 482 g/mol. The number of aromatic amines is 1. The van der Waals surface area contributed by atoms with Crippen LogP contribution in [0.25, 0.3) is 16.7 Å². The Morgan fingerprint density at radius 2 is 1.91 bits per heavy atom. The van der Waals surface area contributed by atoms with Gasteiger partial charge in [0.15, 0.2) is 5.82 Å². The van der Waals surface area contributed by atoms with Gasteiger partial charge < -0.3 is 16.8 Å². The lowest BCUT2D eigenvalue weighted by atomic mass is 10.1. The molecule has 1 aromatic carbocycles. The van der Waals surface area contributed by atoms with Crippen molar-refractivity contribution in [3.63, 3.8) is 0 Å². The van der Waals surface area contributed by atoms with Crippen molar-refractivity contribution >= 4 is 51.7 Å². The molecule has 1 atom stereocenters. The first kappa shape index (κ1) is 21.7. The summed E-state index contributed by atoms with van der Waals surface area (Å²) in [6.45, 7) is 1.66. The number of rotatable bonds is 5. The van der Waals surface area contributed by atoms with E-state index in [9.17, 15) is 13.6 Å². The van der Waals surface area contributed by atoms with Crippen molar-refractivity contribution in [1.29, 1.82) is 0 Å². The largest absolute Gasteiger partial charge is 0.382 e. The van der Waals surface area contributed by atoms with Crippen molar-refractivity contribution in [2.24, 2.45) is 0 Å². The summed E-state index contributed by atoms with van der Waals surface area (Å²) in [5.74, 6) is 0.318. The normalized spacial score (nSPS) is 12.4. The number of hydrogen-bond donors (Lipinski definition) is 4. The molecule has 0 fully saturated rings. The second kappa shape index (κ2) is 8.20. The molecule has 0 radical (unpaired) electrons. The number of nitrogens with one attached hydrogen (secondary N) is 2. The predicted molar refractivity (Wildman–Crippen MR) is 117 cm³/mol. The number of nitrogen functional groups attached to an aromatic ring is 2. The molecule has 0 saturated heterocycles. The molecule has 0 saturated carbocycles. The minimum atomic E-state index is -2.98. The smallest absolute Gasteiger partial charge is 0.267 e. The van der Waals surface area contributed by atoms with Crippen LogP contribution in [0.2, 0.25) is 10.0 Å². The molecule has 6 N–H and O–H groups in total. The molecule has 1 unspecified atom stereocenters. The van der Waals surface area contributed by atoms with E-state index in [0.717, 1.165) is 4.57 Å². The van der Waals surface area contributed by atoms with E-state index >= 15 is 0 Å². The van der Waals surface area contributed by atoms with Crippen molar-refractivity contribution in [2.75, 3.05) is 16.8 Å². The summed E-state index contributed by atoms with van der Waals surface area (Å²) in [6.07, 6.45) is -1.58. The van der Waals surface area contributed by atoms with E-state index in [2.05, 4.69) is 30.5 Å². The third-order valence-corrected chi connectivity index (χ3v) is 5.33. The number of hydrogen-bond acceptors (Lipinski definition) is 8. The number of nitrogens with zero attached hydrogens (tertiary/aromatic N) is 5. The molecule has 0 amide bonds. The van der Waals surface area contributed by atoms with E-state index in [1.165, 1.54) is 24.4 Å². The zero-order chi connectivity index (χ0) is 23.2. The fraction of sp³-hybridized carbons (Fsp3) is 0.167. The molecule has 14 heteroatoms. The SMILES string of the molecule is CC(Nc1nc(N)nc(N)c1Cl)c1nc2ccc(Cl)c(C(F)F)c2c(=O)n1-c1ccn[nH]1. The third kappa shape index (κ3) is 3.67. The molecule has 166 valence electrons. The van der Waals surface area contributed by atoms with E-state index in [-0.39, 0.29) is 50.2 Å². The Hall–Kier alpha value is -3.51. The van der Waals surface area contributed by atoms with Gasteiger partial charge in [-0.15, -0.1) is 0 Å². The molecule has 4 rings (SSSR count). The Labute approximate surface area is 188 Å². The number of anilines is 3. The topological polar surface area (TPSA) is 153 Å². The van der Waals surface area contributed by atoms with E-state index in [1.54, 1.807) is 6.92 Å². The van der Waals surface area contributed by atoms with Crippen LogP contribution < -0.4 is 22.3 Å². The van der Waals surface area contributed by atoms with Gasteiger partial charge in [0.1, 0.15) is 22.5 Å². The maximum atomic E-state index is 13.7. The van der Waals surface area contributed by atoms with Crippen LogP contribution in [0.5, 0.6) is 0 Å². The van der Waals surface area contributed by atoms with Crippen molar-refractivity contribution in [2.45, 2.75) is 19.4 Å². The molecule has 10 nitrogen and oxygen atoms in total. The lowest BCUT2D eigenvalue weighted by Crippen LogP contribution is -2.28. The van der Waals surface area contributed by atoms with E-state index in [1.807, 2.05) is 0 Å². The summed E-state index contributed by atoms with van der Waals surface area (Å²) < 4.78 is 28.6. The first-order valence-corrected chi connectivity index (χ1v) is 9.82. The van der Waals surface area contributed by atoms with Gasteiger partial charge in [-0.25, -0.2) is 18.3 Å². The van der Waals surface area contributed by atoms with Gasteiger partial charge in [-0.05, 0) is 19.1 Å². The van der Waals surface area contributed by atoms with E-state index in [4.69, 9.17) is 34.7 Å². The predicted octanol–water partition coefficient (Wildman–Crippen LogP) is 3.48. The highest BCUT2D eigenvalue weighted by atomic mass is 35.5. The van der Waals surface area contributed by atoms with Gasteiger partial charge in [0, 0.05) is 6.07 Å². The fourth-order valence-electron chi connectivity index (χ4n) is 3.25. The van der Waals surface area contributed by atoms with Gasteiger partial charge in [0.05, 0.1) is 33.7 Å². The molecule has 0 bridgehead atoms. The molecule has 3 aromatic heterocycles. The minimum absolute atomic E-state index is 0.0223. The summed E-state index contributed by atoms with van der Waals surface area (Å²) in [6, 6.07) is 3.44. The summed E-state index contributed by atoms with van der Waals surface area (Å²) in [5, 5.41) is 8.94. The Kier molecular flexibility index (Phi) is 5.57. The van der Waals surface area contributed by atoms with Crippen molar-refractivity contribution < 1.29 is 8.78 Å². The molecule has 0 aliphatic carbocycles. The van der Waals surface area contributed by atoms with Crippen LogP contribution in [0.3, 0.4) is 0 Å². The van der Waals surface area contributed by atoms with Gasteiger partial charge in [0.2, 0.25) is 5.95 Å². The first-order valence-electron chi connectivity index (χ1n) is 9.07. The fourth-order valence-corrected chi connectivity index (χ4v) is 3.63. The van der Waals surface area contributed by atoms with Crippen LogP contribution in [0.15, 0.2) is 29.2 Å². The van der Waals surface area contributed by atoms with Crippen LogP contribution in [-0.4, -0.2) is 29.7 Å². The van der Waals surface area contributed by atoms with E-state index < -0.39 is 23.6 Å². The highest BCUT2D eigenvalue weighted by Crippen LogP contribution is 2.33. The average Bonchev–Trinajstić information content (AvgIpc) is 3.25. The third-order valence-electron chi connectivity index (χ3n) is 4.63. The molecule has 32 heavy (non-hydrogen) atoms. The Morgan fingerprint density at radius 1 is 1.16 bits per heavy atom. The summed E-state index contributed by atoms with van der Waals surface area (Å²) in [4.78, 5) is 25.7. The second-order valence-corrected chi connectivity index (χ2v) is 7.49. The second-order valence-electron chi connectivity index (χ2n) is 6.70. The van der Waals surface area contributed by atoms with Crippen LogP contribution in [0, 0.1) is 0 Å². The maximum absolute atomic E-state index is 13.7. The Morgan fingerprint density at radius 3 is 2.56 bits per heavy atom. The van der Waals surface area contributed by atoms with Crippen molar-refractivity contribution in [3.8, 4) is 5.82 Å². The Bertz CT molecular complexity index is 1380. The minimum Gasteiger partial charge on any atom is -0.382 e. The van der Waals surface area contributed by atoms with E-state index in [0.29, 0.717) is 0 Å². The van der Waals surface area contributed by atoms with Gasteiger partial charge >= 0.3 is 0 Å². The highest BCUT2D eigenvalue weighted by molar-refractivity contribution is 6.35. The number of H-pyrrole nitrogens is 1. The molecular weight excluding hydrogens is 467 g/mol. The van der Waals surface area contributed by atoms with Crippen LogP contribution >= 0.6 is 23.2 Å². The molecule has 0 spiro atoms. The van der Waals surface area contributed by atoms with Crippen molar-refractivity contribution in [3.05, 3.63) is 56.2 Å². The monoisotopic (exact) mass is 481 g/mol. The summed E-state index contributed by atoms with van der Waals surface area (Å²) in [7, 11) is 0. The van der Waals surface area contributed by atoms with Crippen LogP contribution in [-0.2, 0) is 0 Å². The molecule has 0 aliphatic heterocycles.